The van der Waals surface area contributed by atoms with Gasteiger partial charge in [0.1, 0.15) is 73.2 Å². The van der Waals surface area contributed by atoms with E-state index >= 15 is 0 Å². The third kappa shape index (κ3) is 35.5. The first kappa shape index (κ1) is 83.0. The summed E-state index contributed by atoms with van der Waals surface area (Å²) in [5.41, 5.74) is 0. The second-order valence-corrected chi connectivity index (χ2v) is 26.0. The highest BCUT2D eigenvalue weighted by atomic mass is 16.8. The van der Waals surface area contributed by atoms with Crippen molar-refractivity contribution in [2.24, 2.45) is 0 Å². The second kappa shape index (κ2) is 53.8. The summed E-state index contributed by atoms with van der Waals surface area (Å²) in [6, 6.07) is -0.989. The van der Waals surface area contributed by atoms with Gasteiger partial charge >= 0.3 is 0 Å². The average molecular weight is 1300 g/mol. The number of nitrogens with one attached hydrogen (secondary N) is 1. The molecule has 0 aromatic carbocycles. The number of hydrogen-bond acceptors (Lipinski definition) is 18. The molecule has 17 atom stereocenters. The molecule has 532 valence electrons. The Bertz CT molecular complexity index is 1840. The van der Waals surface area contributed by atoms with Crippen LogP contribution in [0.15, 0.2) is 48.6 Å². The summed E-state index contributed by atoms with van der Waals surface area (Å²) in [6.45, 7) is 1.71. The second-order valence-electron chi connectivity index (χ2n) is 26.0. The predicted molar refractivity (Wildman–Crippen MR) is 356 cm³/mol. The number of aliphatic hydroxyl groups excluding tert-OH is 11. The first-order chi connectivity index (χ1) is 44.3. The summed E-state index contributed by atoms with van der Waals surface area (Å²) in [5.74, 6) is -0.283. The van der Waals surface area contributed by atoms with Gasteiger partial charge in [-0.05, 0) is 64.2 Å². The molecule has 0 spiro atoms. The zero-order chi connectivity index (χ0) is 66.1. The Balaban J connectivity index is 1.38. The Morgan fingerprint density at radius 2 is 0.736 bits per heavy atom. The highest BCUT2D eigenvalue weighted by molar-refractivity contribution is 5.76. The zero-order valence-corrected chi connectivity index (χ0v) is 56.3. The van der Waals surface area contributed by atoms with Crippen LogP contribution in [0.25, 0.3) is 0 Å². The highest BCUT2D eigenvalue weighted by Gasteiger charge is 2.53. The van der Waals surface area contributed by atoms with E-state index in [1.165, 1.54) is 193 Å². The molecular formula is C72H131NO18. The van der Waals surface area contributed by atoms with E-state index in [0.717, 1.165) is 44.9 Å². The smallest absolute Gasteiger partial charge is 0.220 e. The standard InChI is InChI=1S/C72H131NO18/c1-3-5-7-9-11-13-15-17-19-20-21-22-23-24-25-26-27-28-29-30-31-32-33-34-36-38-40-42-44-46-48-50-60(78)73-55(56(77)49-47-45-43-41-39-37-35-18-16-14-12-10-8-6-4-2)54-86-70-66(84)63(81)68(58(52-75)88-70)91-72-67(85)64(82)69(59(53-76)89-72)90-71-65(83)62(80)61(79)57(51-74)87-71/h15,17,20-21,39,41,47,49,55-59,61-72,74-77,79-85H,3-14,16,18-19,22-38,40,42-46,48,50-54H2,1-2H3,(H,73,78)/b17-15-,21-20-,41-39+,49-47+. The molecule has 0 aliphatic carbocycles. The third-order valence-corrected chi connectivity index (χ3v) is 18.1. The molecule has 1 amide bonds. The van der Waals surface area contributed by atoms with E-state index in [2.05, 4.69) is 55.6 Å². The summed E-state index contributed by atoms with van der Waals surface area (Å²) in [7, 11) is 0. The van der Waals surface area contributed by atoms with Gasteiger partial charge < -0.3 is 89.9 Å². The quantitative estimate of drug-likeness (QED) is 0.0199. The molecule has 19 nitrogen and oxygen atoms in total. The summed E-state index contributed by atoms with van der Waals surface area (Å²) >= 11 is 0. The van der Waals surface area contributed by atoms with Crippen molar-refractivity contribution in [3.8, 4) is 0 Å². The maximum Gasteiger partial charge on any atom is 0.220 e. The van der Waals surface area contributed by atoms with E-state index < -0.39 is 124 Å². The fraction of sp³-hybridized carbons (Fsp3) is 0.875. The molecular weight excluding hydrogens is 1170 g/mol. The minimum Gasteiger partial charge on any atom is -0.394 e. The van der Waals surface area contributed by atoms with E-state index in [1.54, 1.807) is 6.08 Å². The van der Waals surface area contributed by atoms with E-state index in [1.807, 2.05) is 6.08 Å². The predicted octanol–water partition coefficient (Wildman–Crippen LogP) is 10.2. The van der Waals surface area contributed by atoms with Gasteiger partial charge in [0.25, 0.3) is 0 Å². The Kier molecular flexibility index (Phi) is 49.1. The van der Waals surface area contributed by atoms with Gasteiger partial charge in [0.15, 0.2) is 18.9 Å². The topological polar surface area (TPSA) is 307 Å². The van der Waals surface area contributed by atoms with Crippen LogP contribution in [-0.2, 0) is 33.2 Å². The normalized spacial score (nSPS) is 28.1. The van der Waals surface area contributed by atoms with Gasteiger partial charge in [0, 0.05) is 6.42 Å². The number of allylic oxidation sites excluding steroid dienone is 7. The van der Waals surface area contributed by atoms with Crippen molar-refractivity contribution in [1.82, 2.24) is 5.32 Å². The molecule has 12 N–H and O–H groups in total. The van der Waals surface area contributed by atoms with Crippen LogP contribution in [0.5, 0.6) is 0 Å². The van der Waals surface area contributed by atoms with Gasteiger partial charge in [0.2, 0.25) is 5.91 Å². The van der Waals surface area contributed by atoms with Crippen molar-refractivity contribution in [3.05, 3.63) is 48.6 Å². The van der Waals surface area contributed by atoms with E-state index in [0.29, 0.717) is 12.8 Å². The number of aliphatic hydroxyl groups is 11. The van der Waals surface area contributed by atoms with Crippen molar-refractivity contribution in [2.75, 3.05) is 26.4 Å². The molecule has 3 heterocycles. The maximum atomic E-state index is 13.4. The van der Waals surface area contributed by atoms with Crippen LogP contribution < -0.4 is 5.32 Å². The van der Waals surface area contributed by atoms with Crippen molar-refractivity contribution in [2.45, 2.75) is 375 Å². The molecule has 3 fully saturated rings. The van der Waals surface area contributed by atoms with Crippen molar-refractivity contribution < 1.29 is 89.4 Å². The molecule has 91 heavy (non-hydrogen) atoms. The summed E-state index contributed by atoms with van der Waals surface area (Å²) in [6.07, 6.45) is 38.2. The van der Waals surface area contributed by atoms with Gasteiger partial charge in [-0.3, -0.25) is 4.79 Å². The van der Waals surface area contributed by atoms with Crippen molar-refractivity contribution >= 4 is 5.91 Å². The van der Waals surface area contributed by atoms with Crippen molar-refractivity contribution in [3.63, 3.8) is 0 Å². The maximum absolute atomic E-state index is 13.4. The number of rotatable bonds is 56. The highest BCUT2D eigenvalue weighted by Crippen LogP contribution is 2.33. The lowest BCUT2D eigenvalue weighted by Gasteiger charge is -2.48. The molecule has 3 aliphatic heterocycles. The number of ether oxygens (including phenoxy) is 6. The molecule has 3 rings (SSSR count). The average Bonchev–Trinajstić information content (AvgIpc) is 0.876. The monoisotopic (exact) mass is 1300 g/mol. The molecule has 19 heteroatoms. The lowest BCUT2D eigenvalue weighted by atomic mass is 9.96. The summed E-state index contributed by atoms with van der Waals surface area (Å²) in [5, 5.41) is 120. The van der Waals surface area contributed by atoms with Crippen LogP contribution in [0.3, 0.4) is 0 Å². The van der Waals surface area contributed by atoms with Crippen LogP contribution in [0, 0.1) is 0 Å². The first-order valence-electron chi connectivity index (χ1n) is 36.4. The van der Waals surface area contributed by atoms with E-state index in [-0.39, 0.29) is 18.9 Å². The first-order valence-corrected chi connectivity index (χ1v) is 36.4. The molecule has 3 saturated heterocycles. The number of carbonyl (C=O) groups excluding carboxylic acids is 1. The Labute approximate surface area is 548 Å². The van der Waals surface area contributed by atoms with Gasteiger partial charge in [-0.2, -0.15) is 0 Å². The van der Waals surface area contributed by atoms with E-state index in [9.17, 15) is 61.0 Å². The zero-order valence-electron chi connectivity index (χ0n) is 56.3. The van der Waals surface area contributed by atoms with Gasteiger partial charge in [-0.15, -0.1) is 0 Å². The number of amides is 1. The minimum atomic E-state index is -1.98. The third-order valence-electron chi connectivity index (χ3n) is 18.1. The summed E-state index contributed by atoms with van der Waals surface area (Å²) < 4.78 is 34.3. The Hall–Kier alpha value is -2.25. The largest absolute Gasteiger partial charge is 0.394 e. The molecule has 0 aromatic rings. The van der Waals surface area contributed by atoms with Gasteiger partial charge in [0.05, 0.1) is 38.6 Å². The molecule has 3 aliphatic rings. The SMILES string of the molecule is CCCCCCC/C=C\C/C=C\CCCCCCCCCCCCCCCCCCCCCC(=O)NC(COC1OC(CO)C(OC2OC(CO)C(OC3OC(CO)C(O)C(O)C3O)C(O)C2O)C(O)C1O)C(O)/C=C/CC/C=C/CCCCCCCCCCC. The molecule has 0 aromatic heterocycles. The fourth-order valence-electron chi connectivity index (χ4n) is 12.2. The van der Waals surface area contributed by atoms with Crippen LogP contribution in [0.4, 0.5) is 0 Å². The van der Waals surface area contributed by atoms with Crippen LogP contribution >= 0.6 is 0 Å². The van der Waals surface area contributed by atoms with Crippen LogP contribution in [0.2, 0.25) is 0 Å². The molecule has 17 unspecified atom stereocenters. The van der Waals surface area contributed by atoms with Gasteiger partial charge in [-0.1, -0.05) is 249 Å². The minimum absolute atomic E-state index is 0.237. The van der Waals surface area contributed by atoms with Crippen LogP contribution in [-0.4, -0.2) is 193 Å². The molecule has 0 radical (unpaired) electrons. The Morgan fingerprint density at radius 1 is 0.396 bits per heavy atom. The van der Waals surface area contributed by atoms with Crippen LogP contribution in [0.1, 0.15) is 271 Å². The van der Waals surface area contributed by atoms with E-state index in [4.69, 9.17) is 28.4 Å². The Morgan fingerprint density at radius 3 is 1.16 bits per heavy atom. The molecule has 0 saturated carbocycles. The lowest BCUT2D eigenvalue weighted by Crippen LogP contribution is -2.66. The summed E-state index contributed by atoms with van der Waals surface area (Å²) in [4.78, 5) is 13.4. The van der Waals surface area contributed by atoms with Gasteiger partial charge in [-0.25, -0.2) is 0 Å². The number of hydrogen-bond donors (Lipinski definition) is 12. The number of carbonyl (C=O) groups is 1. The van der Waals surface area contributed by atoms with Crippen molar-refractivity contribution in [1.29, 1.82) is 0 Å². The lowest BCUT2D eigenvalue weighted by molar-refractivity contribution is -0.379. The fourth-order valence-corrected chi connectivity index (χ4v) is 12.2. The number of unbranched alkanes of at least 4 members (excludes halogenated alkanes) is 34. The molecule has 0 bridgehead atoms.